The van der Waals surface area contributed by atoms with Crippen LogP contribution in [0.2, 0.25) is 0 Å². The molecule has 0 unspecified atom stereocenters. The van der Waals surface area contributed by atoms with Gasteiger partial charge < -0.3 is 10.1 Å². The van der Waals surface area contributed by atoms with Crippen molar-refractivity contribution in [2.75, 3.05) is 18.2 Å². The van der Waals surface area contributed by atoms with Crippen LogP contribution >= 0.6 is 11.8 Å². The molecule has 1 N–H and O–H groups in total. The molecule has 9 heteroatoms. The predicted molar refractivity (Wildman–Crippen MR) is 96.0 cm³/mol. The summed E-state index contributed by atoms with van der Waals surface area (Å²) in [5.41, 5.74) is 0.522. The van der Waals surface area contributed by atoms with Gasteiger partial charge in [0.25, 0.3) is 11.7 Å². The highest BCUT2D eigenvalue weighted by atomic mass is 32.2. The van der Waals surface area contributed by atoms with Gasteiger partial charge in [0.1, 0.15) is 0 Å². The van der Waals surface area contributed by atoms with E-state index in [1.165, 1.54) is 36.6 Å². The number of hydrogen-bond acceptors (Lipinski definition) is 5. The Morgan fingerprint density at radius 2 is 1.81 bits per heavy atom. The topological polar surface area (TPSA) is 72.5 Å². The van der Waals surface area contributed by atoms with Crippen molar-refractivity contribution in [2.24, 2.45) is 0 Å². The normalized spacial score (nSPS) is 11.8. The fourth-order valence-electron chi connectivity index (χ4n) is 2.01. The van der Waals surface area contributed by atoms with E-state index in [-0.39, 0.29) is 5.56 Å². The molecule has 0 spiro atoms. The van der Waals surface area contributed by atoms with Crippen molar-refractivity contribution in [1.29, 1.82) is 0 Å². The number of ether oxygens (including phenoxy) is 1. The van der Waals surface area contributed by atoms with Crippen molar-refractivity contribution >= 4 is 40.1 Å². The summed E-state index contributed by atoms with van der Waals surface area (Å²) >= 11 is 0.401. The lowest BCUT2D eigenvalue weighted by molar-refractivity contribution is -0.119. The number of benzene rings is 2. The summed E-state index contributed by atoms with van der Waals surface area (Å²) in [7, 11) is -1.37. The number of nitrogens with one attached hydrogen (secondary N) is 1. The number of halogens is 2. The first-order chi connectivity index (χ1) is 12.4. The van der Waals surface area contributed by atoms with Crippen LogP contribution in [-0.2, 0) is 20.3 Å². The molecule has 0 saturated carbocycles. The van der Waals surface area contributed by atoms with E-state index in [1.807, 2.05) is 0 Å². The van der Waals surface area contributed by atoms with Crippen LogP contribution in [0, 0.1) is 0 Å². The molecule has 0 saturated heterocycles. The number of anilines is 1. The van der Waals surface area contributed by atoms with Gasteiger partial charge in [-0.3, -0.25) is 9.00 Å². The van der Waals surface area contributed by atoms with Gasteiger partial charge in [0.2, 0.25) is 0 Å². The summed E-state index contributed by atoms with van der Waals surface area (Å²) in [5, 5.41) is 2.49. The molecule has 1 amide bonds. The van der Waals surface area contributed by atoms with Crippen LogP contribution in [0.3, 0.4) is 0 Å². The van der Waals surface area contributed by atoms with Gasteiger partial charge in [-0.05, 0) is 36.4 Å². The van der Waals surface area contributed by atoms with Crippen LogP contribution in [0.4, 0.5) is 14.5 Å². The average molecular weight is 399 g/mol. The molecule has 0 aromatic heterocycles. The quantitative estimate of drug-likeness (QED) is 0.570. The fraction of sp³-hybridized carbons (Fsp3) is 0.176. The molecule has 0 bridgehead atoms. The largest absolute Gasteiger partial charge is 0.452 e. The monoisotopic (exact) mass is 399 g/mol. The highest BCUT2D eigenvalue weighted by Crippen LogP contribution is 2.26. The fourth-order valence-corrected chi connectivity index (χ4v) is 3.24. The Labute approximate surface area is 155 Å². The Morgan fingerprint density at radius 1 is 1.15 bits per heavy atom. The molecule has 2 rings (SSSR count). The summed E-state index contributed by atoms with van der Waals surface area (Å²) in [4.78, 5) is 24.6. The van der Waals surface area contributed by atoms with Crippen LogP contribution in [-0.4, -0.2) is 34.7 Å². The summed E-state index contributed by atoms with van der Waals surface area (Å²) < 4.78 is 41.1. The first-order valence-corrected chi connectivity index (χ1v) is 9.75. The van der Waals surface area contributed by atoms with Crippen molar-refractivity contribution < 1.29 is 27.3 Å². The van der Waals surface area contributed by atoms with Crippen LogP contribution in [0.1, 0.15) is 10.4 Å². The SMILES string of the molecule is C[S@](=O)c1ccccc1C(=O)OCC(=O)Nc1ccc(SC(F)F)cc1. The maximum absolute atomic E-state index is 12.3. The minimum Gasteiger partial charge on any atom is -0.452 e. The predicted octanol–water partition coefficient (Wildman–Crippen LogP) is 3.53. The van der Waals surface area contributed by atoms with Gasteiger partial charge in [0.15, 0.2) is 6.61 Å². The zero-order valence-corrected chi connectivity index (χ0v) is 15.2. The van der Waals surface area contributed by atoms with Crippen molar-refractivity contribution in [1.82, 2.24) is 0 Å². The molecule has 0 radical (unpaired) electrons. The van der Waals surface area contributed by atoms with E-state index >= 15 is 0 Å². The van der Waals surface area contributed by atoms with E-state index in [0.29, 0.717) is 27.2 Å². The average Bonchev–Trinajstić information content (AvgIpc) is 2.61. The zero-order chi connectivity index (χ0) is 19.1. The van der Waals surface area contributed by atoms with Crippen LogP contribution in [0.15, 0.2) is 58.3 Å². The number of amides is 1. The number of alkyl halides is 2. The minimum atomic E-state index is -2.52. The Bertz CT molecular complexity index is 813. The van der Waals surface area contributed by atoms with Gasteiger partial charge in [-0.2, -0.15) is 8.78 Å². The molecule has 1 atom stereocenters. The van der Waals surface area contributed by atoms with E-state index in [9.17, 15) is 22.6 Å². The second-order valence-electron chi connectivity index (χ2n) is 4.98. The third-order valence-electron chi connectivity index (χ3n) is 3.11. The summed E-state index contributed by atoms with van der Waals surface area (Å²) in [6.07, 6.45) is 1.44. The van der Waals surface area contributed by atoms with Gasteiger partial charge in [0, 0.05) is 16.8 Å². The lowest BCUT2D eigenvalue weighted by atomic mass is 10.2. The molecule has 0 aliphatic heterocycles. The molecule has 0 fully saturated rings. The molecule has 26 heavy (non-hydrogen) atoms. The lowest BCUT2D eigenvalue weighted by Gasteiger charge is -2.09. The number of carbonyl (C=O) groups excluding carboxylic acids is 2. The van der Waals surface area contributed by atoms with E-state index in [0.717, 1.165) is 0 Å². The van der Waals surface area contributed by atoms with Crippen molar-refractivity contribution in [3.05, 3.63) is 54.1 Å². The van der Waals surface area contributed by atoms with Crippen molar-refractivity contribution in [2.45, 2.75) is 15.5 Å². The van der Waals surface area contributed by atoms with E-state index in [4.69, 9.17) is 4.74 Å². The third kappa shape index (κ3) is 5.92. The molecule has 0 aliphatic rings. The Kier molecular flexibility index (Phi) is 7.28. The Hall–Kier alpha value is -2.26. The standard InChI is InChI=1S/C17H15F2NO4S2/c1-26(23)14-5-3-2-4-13(14)16(22)24-10-15(21)20-11-6-8-12(9-7-11)25-17(18)19/h2-9,17H,10H2,1H3,(H,20,21)/t26-/m0/s1. The molecular formula is C17H15F2NO4S2. The Balaban J connectivity index is 1.91. The third-order valence-corrected chi connectivity index (χ3v) is 4.81. The molecule has 0 aliphatic carbocycles. The first kappa shape index (κ1) is 20.1. The van der Waals surface area contributed by atoms with Crippen LogP contribution in [0.25, 0.3) is 0 Å². The zero-order valence-electron chi connectivity index (χ0n) is 13.6. The second kappa shape index (κ2) is 9.44. The second-order valence-corrected chi connectivity index (χ2v) is 7.39. The number of esters is 1. The molecule has 2 aromatic carbocycles. The van der Waals surface area contributed by atoms with Crippen molar-refractivity contribution in [3.63, 3.8) is 0 Å². The number of thioether (sulfide) groups is 1. The maximum atomic E-state index is 12.3. The maximum Gasteiger partial charge on any atom is 0.339 e. The first-order valence-electron chi connectivity index (χ1n) is 7.31. The van der Waals surface area contributed by atoms with Gasteiger partial charge >= 0.3 is 5.97 Å². The van der Waals surface area contributed by atoms with Crippen LogP contribution in [0.5, 0.6) is 0 Å². The highest BCUT2D eigenvalue weighted by molar-refractivity contribution is 7.99. The highest BCUT2D eigenvalue weighted by Gasteiger charge is 2.16. The van der Waals surface area contributed by atoms with Crippen LogP contribution < -0.4 is 5.32 Å². The van der Waals surface area contributed by atoms with Gasteiger partial charge in [0.05, 0.1) is 21.3 Å². The summed E-state index contributed by atoms with van der Waals surface area (Å²) in [6, 6.07) is 12.1. The van der Waals surface area contributed by atoms with E-state index in [1.54, 1.807) is 18.2 Å². The smallest absolute Gasteiger partial charge is 0.339 e. The molecule has 0 heterocycles. The summed E-state index contributed by atoms with van der Waals surface area (Å²) in [6.45, 7) is -0.531. The van der Waals surface area contributed by atoms with Gasteiger partial charge in [-0.25, -0.2) is 4.79 Å². The van der Waals surface area contributed by atoms with Gasteiger partial charge in [-0.15, -0.1) is 0 Å². The van der Waals surface area contributed by atoms with Gasteiger partial charge in [-0.1, -0.05) is 23.9 Å². The molecule has 5 nitrogen and oxygen atoms in total. The van der Waals surface area contributed by atoms with Crippen molar-refractivity contribution in [3.8, 4) is 0 Å². The molecule has 2 aromatic rings. The number of hydrogen-bond donors (Lipinski definition) is 1. The molecule has 138 valence electrons. The number of rotatable bonds is 7. The minimum absolute atomic E-state index is 0.134. The van der Waals surface area contributed by atoms with E-state index < -0.39 is 35.0 Å². The molecular weight excluding hydrogens is 384 g/mol. The Morgan fingerprint density at radius 3 is 2.42 bits per heavy atom. The van der Waals surface area contributed by atoms with E-state index in [2.05, 4.69) is 5.32 Å². The lowest BCUT2D eigenvalue weighted by Crippen LogP contribution is -2.21. The number of carbonyl (C=O) groups is 2. The summed E-state index contributed by atoms with van der Waals surface area (Å²) in [5.74, 6) is -3.85.